The summed E-state index contributed by atoms with van der Waals surface area (Å²) in [4.78, 5) is 26.5. The Morgan fingerprint density at radius 3 is 2.36 bits per heavy atom. The van der Waals surface area contributed by atoms with Gasteiger partial charge in [-0.3, -0.25) is 9.59 Å². The Kier molecular flexibility index (Phi) is 6.26. The number of ether oxygens (including phenoxy) is 1. The van der Waals surface area contributed by atoms with Crippen molar-refractivity contribution in [1.82, 2.24) is 4.57 Å². The summed E-state index contributed by atoms with van der Waals surface area (Å²) in [6.07, 6.45) is 0. The molecular formula is C27H24N2O4. The predicted molar refractivity (Wildman–Crippen MR) is 130 cm³/mol. The minimum atomic E-state index is -0.679. The fourth-order valence-electron chi connectivity index (χ4n) is 3.71. The van der Waals surface area contributed by atoms with Crippen LogP contribution in [0.25, 0.3) is 16.7 Å². The lowest BCUT2D eigenvalue weighted by molar-refractivity contribution is 0.102. The van der Waals surface area contributed by atoms with Gasteiger partial charge in [0.05, 0.1) is 18.7 Å². The minimum Gasteiger partial charge on any atom is -0.506 e. The topological polar surface area (TPSA) is 80.6 Å². The molecule has 4 rings (SSSR count). The second-order valence-corrected chi connectivity index (χ2v) is 7.51. The van der Waals surface area contributed by atoms with Gasteiger partial charge in [0.1, 0.15) is 17.1 Å². The van der Waals surface area contributed by atoms with Crippen LogP contribution in [0, 0.1) is 0 Å². The van der Waals surface area contributed by atoms with Crippen LogP contribution < -0.4 is 10.9 Å². The number of carbonyl (C=O) groups excluding carboxylic acids is 1. The number of aromatic hydroxyl groups is 1. The van der Waals surface area contributed by atoms with Crippen LogP contribution in [0.2, 0.25) is 0 Å². The molecule has 0 saturated carbocycles. The normalized spacial score (nSPS) is 10.7. The third-order valence-corrected chi connectivity index (χ3v) is 5.34. The van der Waals surface area contributed by atoms with Crippen molar-refractivity contribution in [2.24, 2.45) is 0 Å². The molecular weight excluding hydrogens is 416 g/mol. The predicted octanol–water partition coefficient (Wildman–Crippen LogP) is 5.01. The number of benzene rings is 3. The van der Waals surface area contributed by atoms with E-state index in [1.165, 1.54) is 4.57 Å². The Bertz CT molecular complexity index is 1370. The molecule has 0 saturated heterocycles. The maximum atomic E-state index is 13.4. The number of nitrogens with zero attached hydrogens (tertiary/aromatic N) is 1. The molecule has 1 amide bonds. The van der Waals surface area contributed by atoms with Crippen LogP contribution in [0.1, 0.15) is 28.4 Å². The zero-order valence-corrected chi connectivity index (χ0v) is 18.2. The van der Waals surface area contributed by atoms with Crippen molar-refractivity contribution in [2.75, 3.05) is 11.9 Å². The number of carbonyl (C=O) groups is 1. The smallest absolute Gasteiger partial charge is 0.268 e. The molecule has 0 radical (unpaired) electrons. The van der Waals surface area contributed by atoms with Crippen LogP contribution >= 0.6 is 0 Å². The van der Waals surface area contributed by atoms with E-state index in [0.29, 0.717) is 29.0 Å². The highest BCUT2D eigenvalue weighted by molar-refractivity contribution is 6.09. The maximum Gasteiger partial charge on any atom is 0.268 e. The Balaban J connectivity index is 1.72. The first-order chi connectivity index (χ1) is 16.0. The number of hydrogen-bond donors (Lipinski definition) is 2. The van der Waals surface area contributed by atoms with E-state index in [2.05, 4.69) is 11.9 Å². The molecule has 0 fully saturated rings. The van der Waals surface area contributed by atoms with Crippen molar-refractivity contribution in [1.29, 1.82) is 0 Å². The average Bonchev–Trinajstić information content (AvgIpc) is 2.83. The van der Waals surface area contributed by atoms with E-state index in [4.69, 9.17) is 4.74 Å². The van der Waals surface area contributed by atoms with E-state index in [1.807, 2.05) is 37.3 Å². The van der Waals surface area contributed by atoms with Gasteiger partial charge in [-0.25, -0.2) is 0 Å². The molecule has 0 atom stereocenters. The van der Waals surface area contributed by atoms with Crippen molar-refractivity contribution in [3.8, 4) is 5.75 Å². The van der Waals surface area contributed by atoms with Gasteiger partial charge >= 0.3 is 0 Å². The highest BCUT2D eigenvalue weighted by Crippen LogP contribution is 2.27. The standard InChI is InChI=1S/C27H24N2O4/c1-3-33-18(2)20-13-15-21(16-14-20)28-26(31)24-25(30)22-11-7-8-12-23(22)29(27(24)32)17-19-9-5-4-6-10-19/h4-16,30H,2-3,17H2,1H3,(H,28,31). The first-order valence-electron chi connectivity index (χ1n) is 10.6. The number of amides is 1. The Hall–Kier alpha value is -4.32. The summed E-state index contributed by atoms with van der Waals surface area (Å²) in [7, 11) is 0. The van der Waals surface area contributed by atoms with Crippen LogP contribution in [0.5, 0.6) is 5.75 Å². The first kappa shape index (κ1) is 21.9. The zero-order valence-electron chi connectivity index (χ0n) is 18.2. The van der Waals surface area contributed by atoms with Gasteiger partial charge in [0, 0.05) is 16.6 Å². The fourth-order valence-corrected chi connectivity index (χ4v) is 3.71. The molecule has 0 unspecified atom stereocenters. The number of para-hydroxylation sites is 1. The van der Waals surface area contributed by atoms with Crippen molar-refractivity contribution in [3.63, 3.8) is 0 Å². The molecule has 6 nitrogen and oxygen atoms in total. The van der Waals surface area contributed by atoms with Crippen LogP contribution in [-0.4, -0.2) is 22.2 Å². The van der Waals surface area contributed by atoms with Crippen LogP contribution in [0.3, 0.4) is 0 Å². The summed E-state index contributed by atoms with van der Waals surface area (Å²) in [5, 5.41) is 14.0. The molecule has 1 aromatic heterocycles. The molecule has 0 spiro atoms. The molecule has 0 aliphatic rings. The lowest BCUT2D eigenvalue weighted by atomic mass is 10.1. The molecule has 4 aromatic rings. The Morgan fingerprint density at radius 1 is 1.00 bits per heavy atom. The molecule has 6 heteroatoms. The molecule has 0 aliphatic heterocycles. The monoisotopic (exact) mass is 440 g/mol. The van der Waals surface area contributed by atoms with Gasteiger partial charge < -0.3 is 19.7 Å². The molecule has 2 N–H and O–H groups in total. The van der Waals surface area contributed by atoms with Crippen LogP contribution in [-0.2, 0) is 11.3 Å². The molecule has 0 aliphatic carbocycles. The van der Waals surface area contributed by atoms with Crippen molar-refractivity contribution in [3.05, 3.63) is 112 Å². The summed E-state index contributed by atoms with van der Waals surface area (Å²) in [6.45, 7) is 6.52. The van der Waals surface area contributed by atoms with E-state index >= 15 is 0 Å². The van der Waals surface area contributed by atoms with Crippen LogP contribution in [0.15, 0.2) is 90.2 Å². The van der Waals surface area contributed by atoms with Gasteiger partial charge in [-0.05, 0) is 48.9 Å². The summed E-state index contributed by atoms with van der Waals surface area (Å²) < 4.78 is 6.90. The van der Waals surface area contributed by atoms with Crippen molar-refractivity contribution < 1.29 is 14.6 Å². The molecule has 3 aromatic carbocycles. The summed E-state index contributed by atoms with van der Waals surface area (Å²) >= 11 is 0. The lowest BCUT2D eigenvalue weighted by Gasteiger charge is -2.15. The number of anilines is 1. The quantitative estimate of drug-likeness (QED) is 0.396. The average molecular weight is 440 g/mol. The Morgan fingerprint density at radius 2 is 1.67 bits per heavy atom. The van der Waals surface area contributed by atoms with E-state index in [9.17, 15) is 14.7 Å². The van der Waals surface area contributed by atoms with E-state index in [1.54, 1.807) is 48.5 Å². The maximum absolute atomic E-state index is 13.4. The largest absolute Gasteiger partial charge is 0.506 e. The second-order valence-electron chi connectivity index (χ2n) is 7.51. The highest BCUT2D eigenvalue weighted by Gasteiger charge is 2.22. The Labute approximate surface area is 191 Å². The van der Waals surface area contributed by atoms with Gasteiger partial charge in [-0.15, -0.1) is 0 Å². The second kappa shape index (κ2) is 9.44. The number of aromatic nitrogens is 1. The first-order valence-corrected chi connectivity index (χ1v) is 10.6. The molecule has 0 bridgehead atoms. The molecule has 33 heavy (non-hydrogen) atoms. The SMILES string of the molecule is C=C(OCC)c1ccc(NC(=O)c2c(O)c3ccccc3n(Cc3ccccc3)c2=O)cc1. The van der Waals surface area contributed by atoms with Crippen LogP contribution in [0.4, 0.5) is 5.69 Å². The molecule has 166 valence electrons. The summed E-state index contributed by atoms with van der Waals surface area (Å²) in [5.74, 6) is -0.480. The van der Waals surface area contributed by atoms with Crippen molar-refractivity contribution >= 4 is 28.3 Å². The number of nitrogens with one attached hydrogen (secondary N) is 1. The van der Waals surface area contributed by atoms with E-state index in [-0.39, 0.29) is 17.9 Å². The third kappa shape index (κ3) is 4.50. The lowest BCUT2D eigenvalue weighted by Crippen LogP contribution is -2.30. The van der Waals surface area contributed by atoms with Gasteiger partial charge in [-0.1, -0.05) is 49.0 Å². The third-order valence-electron chi connectivity index (χ3n) is 5.34. The minimum absolute atomic E-state index is 0.273. The fraction of sp³-hybridized carbons (Fsp3) is 0.111. The summed E-state index contributed by atoms with van der Waals surface area (Å²) in [6, 6.07) is 23.4. The number of hydrogen-bond acceptors (Lipinski definition) is 4. The molecule has 1 heterocycles. The van der Waals surface area contributed by atoms with E-state index in [0.717, 1.165) is 11.1 Å². The van der Waals surface area contributed by atoms with Gasteiger partial charge in [-0.2, -0.15) is 0 Å². The van der Waals surface area contributed by atoms with Gasteiger partial charge in [0.25, 0.3) is 11.5 Å². The number of rotatable bonds is 7. The van der Waals surface area contributed by atoms with Crippen molar-refractivity contribution in [2.45, 2.75) is 13.5 Å². The number of pyridine rings is 1. The van der Waals surface area contributed by atoms with Gasteiger partial charge in [0.15, 0.2) is 0 Å². The zero-order chi connectivity index (χ0) is 23.4. The number of fused-ring (bicyclic) bond motifs is 1. The highest BCUT2D eigenvalue weighted by atomic mass is 16.5. The summed E-state index contributed by atoms with van der Waals surface area (Å²) in [5.41, 5.74) is 1.87. The van der Waals surface area contributed by atoms with E-state index < -0.39 is 11.5 Å². The van der Waals surface area contributed by atoms with Gasteiger partial charge in [0.2, 0.25) is 0 Å².